The number of aryl methyl sites for hydroxylation is 4. The van der Waals surface area contributed by atoms with Crippen molar-refractivity contribution in [2.24, 2.45) is 7.05 Å². The summed E-state index contributed by atoms with van der Waals surface area (Å²) in [6.45, 7) is 5.87. The lowest BCUT2D eigenvalue weighted by Gasteiger charge is -2.13. The first-order valence-electron chi connectivity index (χ1n) is 12.8. The van der Waals surface area contributed by atoms with Crippen LogP contribution < -0.4 is 10.1 Å². The van der Waals surface area contributed by atoms with E-state index in [-0.39, 0.29) is 5.91 Å². The van der Waals surface area contributed by atoms with Crippen molar-refractivity contribution in [3.05, 3.63) is 108 Å². The normalized spacial score (nSPS) is 11.1. The number of ether oxygens (including phenoxy) is 1. The highest BCUT2D eigenvalue weighted by Crippen LogP contribution is 2.32. The number of imidazole rings is 1. The van der Waals surface area contributed by atoms with Crippen LogP contribution in [-0.4, -0.2) is 35.0 Å². The highest BCUT2D eigenvalue weighted by atomic mass is 16.5. The molecule has 0 unspecified atom stereocenters. The Hall–Kier alpha value is -5.31. The van der Waals surface area contributed by atoms with E-state index >= 15 is 0 Å². The van der Waals surface area contributed by atoms with Gasteiger partial charge in [0, 0.05) is 54.3 Å². The molecule has 40 heavy (non-hydrogen) atoms. The van der Waals surface area contributed by atoms with Crippen LogP contribution in [0.4, 0.5) is 5.69 Å². The van der Waals surface area contributed by atoms with Gasteiger partial charge in [-0.3, -0.25) is 9.78 Å². The molecule has 198 valence electrons. The summed E-state index contributed by atoms with van der Waals surface area (Å²) in [7, 11) is 1.92. The van der Waals surface area contributed by atoms with E-state index in [2.05, 4.69) is 15.3 Å². The molecule has 9 heteroatoms. The van der Waals surface area contributed by atoms with E-state index in [1.165, 1.54) is 0 Å². The molecule has 0 bridgehead atoms. The van der Waals surface area contributed by atoms with Gasteiger partial charge in [-0.25, -0.2) is 9.97 Å². The van der Waals surface area contributed by atoms with Crippen molar-refractivity contribution in [2.75, 3.05) is 5.32 Å². The van der Waals surface area contributed by atoms with Gasteiger partial charge in [0.25, 0.3) is 5.91 Å². The number of rotatable bonds is 6. The Balaban J connectivity index is 1.31. The number of hydrogen-bond acceptors (Lipinski definition) is 6. The Kier molecular flexibility index (Phi) is 6.31. The molecule has 0 spiro atoms. The molecule has 1 amide bonds. The summed E-state index contributed by atoms with van der Waals surface area (Å²) >= 11 is 0. The summed E-state index contributed by atoms with van der Waals surface area (Å²) < 4.78 is 10.2. The van der Waals surface area contributed by atoms with Gasteiger partial charge in [0.1, 0.15) is 11.3 Å². The van der Waals surface area contributed by atoms with Crippen LogP contribution in [0.5, 0.6) is 11.6 Å². The van der Waals surface area contributed by atoms with Crippen LogP contribution in [0.15, 0.2) is 85.7 Å². The number of aromatic nitrogens is 6. The number of hydrogen-bond donors (Lipinski definition) is 1. The lowest BCUT2D eigenvalue weighted by Crippen LogP contribution is -2.12. The highest BCUT2D eigenvalue weighted by molar-refractivity contribution is 6.04. The Morgan fingerprint density at radius 3 is 2.65 bits per heavy atom. The van der Waals surface area contributed by atoms with Gasteiger partial charge in [0.05, 0.1) is 17.5 Å². The molecule has 0 aliphatic heterocycles. The van der Waals surface area contributed by atoms with Crippen LogP contribution in [0.1, 0.15) is 27.2 Å². The maximum Gasteiger partial charge on any atom is 0.255 e. The summed E-state index contributed by atoms with van der Waals surface area (Å²) in [4.78, 5) is 31.3. The minimum atomic E-state index is -0.244. The van der Waals surface area contributed by atoms with E-state index in [0.29, 0.717) is 28.7 Å². The molecule has 0 saturated carbocycles. The van der Waals surface area contributed by atoms with Crippen LogP contribution in [0, 0.1) is 20.8 Å². The summed E-state index contributed by atoms with van der Waals surface area (Å²) in [5.74, 6) is 1.20. The summed E-state index contributed by atoms with van der Waals surface area (Å²) in [5, 5.41) is 3.03. The second-order valence-corrected chi connectivity index (χ2v) is 9.77. The Labute approximate surface area is 231 Å². The topological polar surface area (TPSA) is 99.8 Å². The molecule has 0 aliphatic rings. The summed E-state index contributed by atoms with van der Waals surface area (Å²) in [6.07, 6.45) is 9.04. The van der Waals surface area contributed by atoms with Crippen LogP contribution in [0.25, 0.3) is 28.1 Å². The zero-order valence-corrected chi connectivity index (χ0v) is 22.6. The number of nitrogens with one attached hydrogen (secondary N) is 1. The van der Waals surface area contributed by atoms with Crippen LogP contribution in [0.2, 0.25) is 0 Å². The number of amides is 1. The predicted molar refractivity (Wildman–Crippen MR) is 154 cm³/mol. The number of carbonyl (C=O) groups is 1. The van der Waals surface area contributed by atoms with Gasteiger partial charge in [-0.15, -0.1) is 0 Å². The molecule has 9 nitrogen and oxygen atoms in total. The standard InChI is InChI=1S/C31H27N7O2/c1-19-12-24(15-25(13-19)38-17-21(3)33-18-38)34-30(39)22-8-7-20(2)27(14-22)40-31-28-26(9-11-37(28)4)35-29(36-31)23-6-5-10-32-16-23/h5-18H,1-4H3,(H,34,39). The van der Waals surface area contributed by atoms with Gasteiger partial charge in [-0.2, -0.15) is 4.98 Å². The van der Waals surface area contributed by atoms with E-state index in [9.17, 15) is 4.79 Å². The smallest absolute Gasteiger partial charge is 0.255 e. The van der Waals surface area contributed by atoms with E-state index in [4.69, 9.17) is 14.7 Å². The summed E-state index contributed by atoms with van der Waals surface area (Å²) in [6, 6.07) is 17.0. The van der Waals surface area contributed by atoms with E-state index in [1.54, 1.807) is 30.9 Å². The Morgan fingerprint density at radius 1 is 1.00 bits per heavy atom. The summed E-state index contributed by atoms with van der Waals surface area (Å²) in [5.41, 5.74) is 7.17. The Morgan fingerprint density at radius 2 is 1.88 bits per heavy atom. The van der Waals surface area contributed by atoms with Crippen molar-refractivity contribution in [1.29, 1.82) is 0 Å². The van der Waals surface area contributed by atoms with Gasteiger partial charge >= 0.3 is 0 Å². The van der Waals surface area contributed by atoms with Gasteiger partial charge < -0.3 is 19.2 Å². The molecule has 1 N–H and O–H groups in total. The van der Waals surface area contributed by atoms with Gasteiger partial charge in [0.15, 0.2) is 5.82 Å². The van der Waals surface area contributed by atoms with E-state index < -0.39 is 0 Å². The van der Waals surface area contributed by atoms with E-state index in [1.807, 2.05) is 91.8 Å². The fraction of sp³-hybridized carbons (Fsp3) is 0.129. The molecule has 0 atom stereocenters. The number of carbonyl (C=O) groups excluding carboxylic acids is 1. The molecule has 4 aromatic heterocycles. The second-order valence-electron chi connectivity index (χ2n) is 9.77. The lowest BCUT2D eigenvalue weighted by molar-refractivity contribution is 0.102. The lowest BCUT2D eigenvalue weighted by atomic mass is 10.1. The number of fused-ring (bicyclic) bond motifs is 1. The predicted octanol–water partition coefficient (Wildman–Crippen LogP) is 6.19. The molecule has 0 radical (unpaired) electrons. The molecule has 6 rings (SSSR count). The number of anilines is 1. The van der Waals surface area contributed by atoms with Crippen LogP contribution in [0.3, 0.4) is 0 Å². The molecular weight excluding hydrogens is 502 g/mol. The minimum Gasteiger partial charge on any atom is -0.437 e. The average Bonchev–Trinajstić information content (AvgIpc) is 3.55. The van der Waals surface area contributed by atoms with Crippen LogP contribution >= 0.6 is 0 Å². The maximum atomic E-state index is 13.3. The largest absolute Gasteiger partial charge is 0.437 e. The molecule has 4 heterocycles. The van der Waals surface area contributed by atoms with Crippen molar-refractivity contribution in [3.8, 4) is 28.7 Å². The van der Waals surface area contributed by atoms with Crippen molar-refractivity contribution < 1.29 is 9.53 Å². The van der Waals surface area contributed by atoms with Crippen molar-refractivity contribution in [1.82, 2.24) is 29.1 Å². The average molecular weight is 530 g/mol. The molecule has 0 fully saturated rings. The zero-order chi connectivity index (χ0) is 27.8. The minimum absolute atomic E-state index is 0.244. The third-order valence-electron chi connectivity index (χ3n) is 6.59. The third-order valence-corrected chi connectivity index (χ3v) is 6.59. The van der Waals surface area contributed by atoms with Crippen LogP contribution in [-0.2, 0) is 7.05 Å². The first-order chi connectivity index (χ1) is 19.3. The fourth-order valence-electron chi connectivity index (χ4n) is 4.56. The fourth-order valence-corrected chi connectivity index (χ4v) is 4.56. The highest BCUT2D eigenvalue weighted by Gasteiger charge is 2.17. The van der Waals surface area contributed by atoms with Crippen molar-refractivity contribution >= 4 is 22.6 Å². The molecule has 2 aromatic carbocycles. The molecule has 0 aliphatic carbocycles. The zero-order valence-electron chi connectivity index (χ0n) is 22.6. The Bertz CT molecular complexity index is 1870. The molecule has 0 saturated heterocycles. The first-order valence-corrected chi connectivity index (χ1v) is 12.8. The SMILES string of the molecule is Cc1cc(NC(=O)c2ccc(C)c(Oc3nc(-c4cccnc4)nc4ccn(C)c34)c2)cc(-n2cnc(C)c2)c1. The molecule has 6 aromatic rings. The van der Waals surface area contributed by atoms with Gasteiger partial charge in [-0.1, -0.05) is 6.07 Å². The molecular formula is C31H27N7O2. The second kappa shape index (κ2) is 10.1. The third kappa shape index (κ3) is 4.92. The first kappa shape index (κ1) is 25.0. The van der Waals surface area contributed by atoms with E-state index in [0.717, 1.165) is 39.1 Å². The quantitative estimate of drug-likeness (QED) is 0.276. The van der Waals surface area contributed by atoms with Crippen molar-refractivity contribution in [3.63, 3.8) is 0 Å². The van der Waals surface area contributed by atoms with Gasteiger partial charge in [0.2, 0.25) is 5.88 Å². The van der Waals surface area contributed by atoms with Crippen molar-refractivity contribution in [2.45, 2.75) is 20.8 Å². The number of nitrogens with zero attached hydrogens (tertiary/aromatic N) is 6. The number of pyridine rings is 1. The maximum absolute atomic E-state index is 13.3. The van der Waals surface area contributed by atoms with Gasteiger partial charge in [-0.05, 0) is 80.4 Å². The number of benzene rings is 2. The monoisotopic (exact) mass is 529 g/mol.